The molecule has 2 aromatic carbocycles. The number of nitrogens with zero attached hydrogens (tertiary/aromatic N) is 2. The Morgan fingerprint density at radius 2 is 2.00 bits per heavy atom. The number of carbonyl (C=O) groups is 1. The van der Waals surface area contributed by atoms with Crippen LogP contribution in [0.3, 0.4) is 0 Å². The lowest BCUT2D eigenvalue weighted by Crippen LogP contribution is -2.44. The minimum atomic E-state index is -0.696. The van der Waals surface area contributed by atoms with Crippen molar-refractivity contribution in [3.63, 3.8) is 0 Å². The van der Waals surface area contributed by atoms with E-state index in [1.165, 1.54) is 23.3 Å². The Hall–Kier alpha value is -3.16. The Kier molecular flexibility index (Phi) is 7.65. The van der Waals surface area contributed by atoms with Gasteiger partial charge in [-0.25, -0.2) is 4.39 Å². The van der Waals surface area contributed by atoms with E-state index in [0.29, 0.717) is 13.1 Å². The Labute approximate surface area is 200 Å². The van der Waals surface area contributed by atoms with Gasteiger partial charge in [-0.15, -0.1) is 0 Å². The molecule has 0 spiro atoms. The largest absolute Gasteiger partial charge is 0.491 e. The first-order valence-corrected chi connectivity index (χ1v) is 11.8. The molecule has 0 aromatic heterocycles. The number of benzene rings is 2. The minimum Gasteiger partial charge on any atom is -0.491 e. The van der Waals surface area contributed by atoms with E-state index in [4.69, 9.17) is 4.74 Å². The number of β-amino-alcohol motifs (C(OH)–C–C–N with tert-alkyl or cyclic N) is 1. The maximum Gasteiger partial charge on any atom is 0.257 e. The van der Waals surface area contributed by atoms with Gasteiger partial charge in [0.25, 0.3) is 5.91 Å². The van der Waals surface area contributed by atoms with Crippen molar-refractivity contribution in [3.8, 4) is 5.75 Å². The summed E-state index contributed by atoms with van der Waals surface area (Å²) in [4.78, 5) is 17.1. The third-order valence-electron chi connectivity index (χ3n) is 6.25. The fourth-order valence-corrected chi connectivity index (χ4v) is 4.51. The molecule has 180 valence electrons. The molecular weight excluding hydrogens is 433 g/mol. The van der Waals surface area contributed by atoms with Crippen molar-refractivity contribution in [1.29, 1.82) is 0 Å². The Morgan fingerprint density at radius 3 is 2.76 bits per heavy atom. The molecule has 0 radical (unpaired) electrons. The van der Waals surface area contributed by atoms with Crippen LogP contribution in [0, 0.1) is 5.82 Å². The Balaban J connectivity index is 1.45. The van der Waals surface area contributed by atoms with Gasteiger partial charge in [-0.1, -0.05) is 36.4 Å². The molecule has 1 amide bonds. The molecular formula is C27H32FN3O3. The summed E-state index contributed by atoms with van der Waals surface area (Å²) < 4.78 is 20.4. The molecule has 2 aliphatic heterocycles. The van der Waals surface area contributed by atoms with Crippen LogP contribution in [0.2, 0.25) is 0 Å². The fraction of sp³-hybridized carbons (Fsp3) is 0.370. The number of rotatable bonds is 7. The number of allylic oxidation sites excluding steroid dienone is 3. The van der Waals surface area contributed by atoms with Crippen molar-refractivity contribution in [1.82, 2.24) is 9.80 Å². The van der Waals surface area contributed by atoms with Crippen molar-refractivity contribution in [3.05, 3.63) is 82.8 Å². The second-order valence-corrected chi connectivity index (χ2v) is 8.70. The SMILES string of the molecule is C/C=C\C(=C/C)Nc1cc2c(cc1F)OCCN(CC(O)CN1CCc3ccccc3C1)C2=O. The van der Waals surface area contributed by atoms with Crippen LogP contribution in [-0.2, 0) is 13.0 Å². The van der Waals surface area contributed by atoms with Crippen molar-refractivity contribution >= 4 is 11.6 Å². The van der Waals surface area contributed by atoms with Gasteiger partial charge in [0.2, 0.25) is 0 Å². The number of nitrogens with one attached hydrogen (secondary N) is 1. The molecule has 2 N–H and O–H groups in total. The predicted octanol–water partition coefficient (Wildman–Crippen LogP) is 3.97. The molecule has 7 heteroatoms. The van der Waals surface area contributed by atoms with Crippen LogP contribution >= 0.6 is 0 Å². The number of amides is 1. The van der Waals surface area contributed by atoms with E-state index in [-0.39, 0.29) is 36.1 Å². The van der Waals surface area contributed by atoms with Gasteiger partial charge < -0.3 is 20.1 Å². The maximum absolute atomic E-state index is 14.7. The zero-order valence-electron chi connectivity index (χ0n) is 19.8. The number of carbonyl (C=O) groups excluding carboxylic acids is 1. The normalized spacial score (nSPS) is 17.7. The number of aliphatic hydroxyl groups is 1. The first kappa shape index (κ1) is 24.0. The molecule has 1 unspecified atom stereocenters. The van der Waals surface area contributed by atoms with Crippen molar-refractivity contribution < 1.29 is 19.0 Å². The summed E-state index contributed by atoms with van der Waals surface area (Å²) in [6.45, 7) is 6.64. The first-order valence-electron chi connectivity index (χ1n) is 11.8. The van der Waals surface area contributed by atoms with Gasteiger partial charge >= 0.3 is 0 Å². The monoisotopic (exact) mass is 465 g/mol. The van der Waals surface area contributed by atoms with Gasteiger partial charge in [0.05, 0.1) is 23.9 Å². The van der Waals surface area contributed by atoms with Crippen molar-refractivity contribution in [2.24, 2.45) is 0 Å². The second kappa shape index (κ2) is 10.8. The molecule has 0 aliphatic carbocycles. The molecule has 1 atom stereocenters. The summed E-state index contributed by atoms with van der Waals surface area (Å²) in [5.74, 6) is -0.536. The van der Waals surface area contributed by atoms with E-state index in [2.05, 4.69) is 28.4 Å². The van der Waals surface area contributed by atoms with Crippen LogP contribution in [0.1, 0.15) is 35.3 Å². The highest BCUT2D eigenvalue weighted by Gasteiger charge is 2.28. The van der Waals surface area contributed by atoms with E-state index in [1.807, 2.05) is 38.1 Å². The highest BCUT2D eigenvalue weighted by Crippen LogP contribution is 2.30. The van der Waals surface area contributed by atoms with Crippen LogP contribution in [-0.4, -0.2) is 59.7 Å². The van der Waals surface area contributed by atoms with Gasteiger partial charge in [0.1, 0.15) is 18.2 Å². The standard InChI is InChI=1S/C27H32FN3O3/c1-3-7-21(4-2)29-25-14-23-26(15-24(25)28)34-13-12-31(27(23)33)18-22(32)17-30-11-10-19-8-5-6-9-20(19)16-30/h3-9,14-15,22,29,32H,10-13,16-18H2,1-2H3/b7-3-,21-4+. The van der Waals surface area contributed by atoms with Crippen molar-refractivity contribution in [2.75, 3.05) is 38.1 Å². The van der Waals surface area contributed by atoms with E-state index in [9.17, 15) is 14.3 Å². The number of anilines is 1. The summed E-state index contributed by atoms with van der Waals surface area (Å²) in [5, 5.41) is 13.8. The molecule has 0 saturated carbocycles. The molecule has 34 heavy (non-hydrogen) atoms. The van der Waals surface area contributed by atoms with Gasteiger partial charge in [-0.05, 0) is 43.5 Å². The molecule has 2 heterocycles. The lowest BCUT2D eigenvalue weighted by molar-refractivity contribution is 0.0501. The summed E-state index contributed by atoms with van der Waals surface area (Å²) in [7, 11) is 0. The van der Waals surface area contributed by atoms with Gasteiger partial charge in [0, 0.05) is 37.9 Å². The topological polar surface area (TPSA) is 65.0 Å². The number of aliphatic hydroxyl groups excluding tert-OH is 1. The smallest absolute Gasteiger partial charge is 0.257 e. The van der Waals surface area contributed by atoms with Crippen LogP contribution in [0.15, 0.2) is 60.3 Å². The zero-order chi connectivity index (χ0) is 24.1. The highest BCUT2D eigenvalue weighted by atomic mass is 19.1. The molecule has 2 aromatic rings. The molecule has 2 aliphatic rings. The molecule has 4 rings (SSSR count). The fourth-order valence-electron chi connectivity index (χ4n) is 4.51. The van der Waals surface area contributed by atoms with Gasteiger partial charge in [-0.2, -0.15) is 0 Å². The van der Waals surface area contributed by atoms with Crippen LogP contribution in [0.4, 0.5) is 10.1 Å². The lowest BCUT2D eigenvalue weighted by Gasteiger charge is -2.32. The van der Waals surface area contributed by atoms with Gasteiger partial charge in [0.15, 0.2) is 0 Å². The lowest BCUT2D eigenvalue weighted by atomic mass is 10.00. The maximum atomic E-state index is 14.7. The molecule has 0 fully saturated rings. The van der Waals surface area contributed by atoms with Crippen LogP contribution < -0.4 is 10.1 Å². The van der Waals surface area contributed by atoms with Crippen LogP contribution in [0.25, 0.3) is 0 Å². The van der Waals surface area contributed by atoms with Crippen molar-refractivity contribution in [2.45, 2.75) is 32.9 Å². The zero-order valence-corrected chi connectivity index (χ0v) is 19.8. The van der Waals surface area contributed by atoms with Crippen LogP contribution in [0.5, 0.6) is 5.75 Å². The number of hydrogen-bond donors (Lipinski definition) is 2. The van der Waals surface area contributed by atoms with E-state index in [1.54, 1.807) is 4.90 Å². The molecule has 0 saturated heterocycles. The number of hydrogen-bond acceptors (Lipinski definition) is 5. The number of ether oxygens (including phenoxy) is 1. The van der Waals surface area contributed by atoms with E-state index in [0.717, 1.165) is 25.2 Å². The number of halogens is 1. The first-order chi connectivity index (χ1) is 16.5. The highest BCUT2D eigenvalue weighted by molar-refractivity contribution is 5.98. The average molecular weight is 466 g/mol. The Bertz CT molecular complexity index is 1100. The summed E-state index contributed by atoms with van der Waals surface area (Å²) in [6, 6.07) is 11.1. The average Bonchev–Trinajstić information content (AvgIpc) is 2.97. The predicted molar refractivity (Wildman–Crippen MR) is 131 cm³/mol. The summed E-state index contributed by atoms with van der Waals surface area (Å²) >= 11 is 0. The molecule has 0 bridgehead atoms. The van der Waals surface area contributed by atoms with E-state index >= 15 is 0 Å². The molecule has 6 nitrogen and oxygen atoms in total. The Morgan fingerprint density at radius 1 is 1.21 bits per heavy atom. The summed E-state index contributed by atoms with van der Waals surface area (Å²) in [5.41, 5.74) is 3.86. The van der Waals surface area contributed by atoms with Gasteiger partial charge in [-0.3, -0.25) is 9.69 Å². The van der Waals surface area contributed by atoms with E-state index < -0.39 is 11.9 Å². The third kappa shape index (κ3) is 5.48. The number of fused-ring (bicyclic) bond motifs is 2. The summed E-state index contributed by atoms with van der Waals surface area (Å²) in [6.07, 6.45) is 5.76. The quantitative estimate of drug-likeness (QED) is 0.606. The second-order valence-electron chi connectivity index (χ2n) is 8.70. The third-order valence-corrected chi connectivity index (χ3v) is 6.25. The minimum absolute atomic E-state index is 0.193.